The van der Waals surface area contributed by atoms with Crippen LogP contribution in [0.3, 0.4) is 0 Å². The summed E-state index contributed by atoms with van der Waals surface area (Å²) in [5.41, 5.74) is 2.76. The normalized spacial score (nSPS) is 10.4. The van der Waals surface area contributed by atoms with Crippen LogP contribution in [0, 0.1) is 6.92 Å². The van der Waals surface area contributed by atoms with Gasteiger partial charge in [0, 0.05) is 23.7 Å². The van der Waals surface area contributed by atoms with Gasteiger partial charge in [0.2, 0.25) is 0 Å². The lowest BCUT2D eigenvalue weighted by Crippen LogP contribution is -1.99. The maximum Gasteiger partial charge on any atom is 0.0715 e. The first-order valence-electron chi connectivity index (χ1n) is 4.37. The van der Waals surface area contributed by atoms with E-state index in [4.69, 9.17) is 5.11 Å². The Labute approximate surface area is 81.8 Å². The molecule has 72 valence electrons. The Balaban J connectivity index is 2.48. The predicted molar refractivity (Wildman–Crippen MR) is 52.0 cm³/mol. The molecule has 0 atom stereocenters. The Kier molecular flexibility index (Phi) is 2.28. The van der Waals surface area contributed by atoms with Crippen LogP contribution in [0.5, 0.6) is 0 Å². The van der Waals surface area contributed by atoms with Crippen LogP contribution in [0.25, 0.3) is 5.69 Å². The minimum Gasteiger partial charge on any atom is -0.392 e. The van der Waals surface area contributed by atoms with Gasteiger partial charge in [-0.05, 0) is 19.1 Å². The molecule has 2 aromatic rings. The van der Waals surface area contributed by atoms with Gasteiger partial charge in [0.25, 0.3) is 0 Å². The fourth-order valence-electron chi connectivity index (χ4n) is 1.34. The Morgan fingerprint density at radius 2 is 2.07 bits per heavy atom. The van der Waals surface area contributed by atoms with Gasteiger partial charge in [-0.1, -0.05) is 0 Å². The van der Waals surface area contributed by atoms with Crippen LogP contribution < -0.4 is 0 Å². The molecular formula is C10H11N3O. The van der Waals surface area contributed by atoms with Crippen molar-refractivity contribution in [3.05, 3.63) is 42.0 Å². The van der Waals surface area contributed by atoms with Crippen molar-refractivity contribution < 1.29 is 5.11 Å². The van der Waals surface area contributed by atoms with Crippen LogP contribution in [0.2, 0.25) is 0 Å². The van der Waals surface area contributed by atoms with Crippen LogP contribution in [-0.4, -0.2) is 19.9 Å². The third-order valence-corrected chi connectivity index (χ3v) is 2.19. The van der Waals surface area contributed by atoms with Crippen molar-refractivity contribution in [2.45, 2.75) is 13.5 Å². The molecule has 2 rings (SSSR count). The van der Waals surface area contributed by atoms with Gasteiger partial charge >= 0.3 is 0 Å². The van der Waals surface area contributed by atoms with Gasteiger partial charge in [-0.3, -0.25) is 4.98 Å². The maximum atomic E-state index is 9.01. The summed E-state index contributed by atoms with van der Waals surface area (Å²) in [7, 11) is 0. The third kappa shape index (κ3) is 1.40. The van der Waals surface area contributed by atoms with Gasteiger partial charge in [-0.15, -0.1) is 0 Å². The second kappa shape index (κ2) is 3.59. The summed E-state index contributed by atoms with van der Waals surface area (Å²) in [5, 5.41) is 13.2. The van der Waals surface area contributed by atoms with Crippen LogP contribution >= 0.6 is 0 Å². The van der Waals surface area contributed by atoms with Crippen molar-refractivity contribution in [2.24, 2.45) is 0 Å². The average molecular weight is 189 g/mol. The minimum atomic E-state index is 0.0247. The van der Waals surface area contributed by atoms with Crippen LogP contribution in [0.1, 0.15) is 11.3 Å². The minimum absolute atomic E-state index is 0.0247. The van der Waals surface area contributed by atoms with Crippen LogP contribution in [0.15, 0.2) is 30.7 Å². The number of rotatable bonds is 2. The molecule has 0 amide bonds. The van der Waals surface area contributed by atoms with E-state index in [2.05, 4.69) is 10.1 Å². The quantitative estimate of drug-likeness (QED) is 0.768. The molecule has 4 nitrogen and oxygen atoms in total. The van der Waals surface area contributed by atoms with Crippen molar-refractivity contribution >= 4 is 0 Å². The van der Waals surface area contributed by atoms with Gasteiger partial charge in [0.05, 0.1) is 18.5 Å². The van der Waals surface area contributed by atoms with Crippen molar-refractivity contribution in [1.29, 1.82) is 0 Å². The molecule has 0 saturated carbocycles. The highest BCUT2D eigenvalue weighted by molar-refractivity contribution is 5.32. The highest BCUT2D eigenvalue weighted by atomic mass is 16.3. The summed E-state index contributed by atoms with van der Waals surface area (Å²) in [4.78, 5) is 3.94. The zero-order valence-corrected chi connectivity index (χ0v) is 7.88. The lowest BCUT2D eigenvalue weighted by molar-refractivity contribution is 0.281. The van der Waals surface area contributed by atoms with Crippen LogP contribution in [-0.2, 0) is 6.61 Å². The number of hydrogen-bond donors (Lipinski definition) is 1. The highest BCUT2D eigenvalue weighted by Gasteiger charge is 2.05. The molecule has 0 aliphatic rings. The molecule has 4 heteroatoms. The maximum absolute atomic E-state index is 9.01. The Hall–Kier alpha value is -1.68. The molecule has 14 heavy (non-hydrogen) atoms. The summed E-state index contributed by atoms with van der Waals surface area (Å²) in [5.74, 6) is 0. The molecule has 0 aromatic carbocycles. The van der Waals surface area contributed by atoms with Gasteiger partial charge in [-0.2, -0.15) is 5.10 Å². The number of nitrogens with zero attached hydrogens (tertiary/aromatic N) is 3. The first-order valence-corrected chi connectivity index (χ1v) is 4.37. The predicted octanol–water partition coefficient (Wildman–Crippen LogP) is 1.07. The van der Waals surface area contributed by atoms with Gasteiger partial charge in [0.1, 0.15) is 0 Å². The van der Waals surface area contributed by atoms with E-state index in [0.29, 0.717) is 0 Å². The third-order valence-electron chi connectivity index (χ3n) is 2.19. The van der Waals surface area contributed by atoms with Crippen LogP contribution in [0.4, 0.5) is 0 Å². The fourth-order valence-corrected chi connectivity index (χ4v) is 1.34. The molecule has 0 radical (unpaired) electrons. The van der Waals surface area contributed by atoms with E-state index in [1.54, 1.807) is 23.3 Å². The molecule has 0 spiro atoms. The van der Waals surface area contributed by atoms with E-state index in [9.17, 15) is 0 Å². The van der Waals surface area contributed by atoms with Gasteiger partial charge in [0.15, 0.2) is 0 Å². The number of aliphatic hydroxyl groups is 1. The number of aromatic nitrogens is 3. The lowest BCUT2D eigenvalue weighted by Gasteiger charge is -2.03. The Bertz CT molecular complexity index is 422. The summed E-state index contributed by atoms with van der Waals surface area (Å²) in [6.45, 7) is 1.95. The first kappa shape index (κ1) is 8.90. The number of pyridine rings is 1. The molecule has 0 fully saturated rings. The number of aliphatic hydroxyl groups excluding tert-OH is 1. The molecule has 2 heterocycles. The summed E-state index contributed by atoms with van der Waals surface area (Å²) < 4.78 is 1.78. The molecule has 1 N–H and O–H groups in total. The van der Waals surface area contributed by atoms with Gasteiger partial charge in [-0.25, -0.2) is 4.68 Å². The summed E-state index contributed by atoms with van der Waals surface area (Å²) in [6.07, 6.45) is 5.11. The van der Waals surface area contributed by atoms with Crippen molar-refractivity contribution in [2.75, 3.05) is 0 Å². The standard InChI is InChI=1S/C10H11N3O/c1-8-9(7-14)6-12-13(8)10-2-4-11-5-3-10/h2-6,14H,7H2,1H3. The van der Waals surface area contributed by atoms with E-state index < -0.39 is 0 Å². The molecule has 0 saturated heterocycles. The molecule has 0 unspecified atom stereocenters. The van der Waals surface area contributed by atoms with E-state index >= 15 is 0 Å². The average Bonchev–Trinajstić information content (AvgIpc) is 2.61. The van der Waals surface area contributed by atoms with Crippen molar-refractivity contribution in [3.63, 3.8) is 0 Å². The van der Waals surface area contributed by atoms with Gasteiger partial charge < -0.3 is 5.11 Å². The highest BCUT2D eigenvalue weighted by Crippen LogP contribution is 2.12. The monoisotopic (exact) mass is 189 g/mol. The van der Waals surface area contributed by atoms with Crippen molar-refractivity contribution in [1.82, 2.24) is 14.8 Å². The second-order valence-electron chi connectivity index (χ2n) is 3.03. The first-order chi connectivity index (χ1) is 6.83. The van der Waals surface area contributed by atoms with E-state index in [0.717, 1.165) is 16.9 Å². The zero-order valence-electron chi connectivity index (χ0n) is 7.88. The Morgan fingerprint density at radius 3 is 2.64 bits per heavy atom. The zero-order chi connectivity index (χ0) is 9.97. The smallest absolute Gasteiger partial charge is 0.0715 e. The van der Waals surface area contributed by atoms with E-state index in [1.807, 2.05) is 19.1 Å². The largest absolute Gasteiger partial charge is 0.392 e. The molecule has 0 bridgehead atoms. The second-order valence-corrected chi connectivity index (χ2v) is 3.03. The molecule has 2 aromatic heterocycles. The molecule has 0 aliphatic heterocycles. The number of hydrogen-bond acceptors (Lipinski definition) is 3. The SMILES string of the molecule is Cc1c(CO)cnn1-c1ccncc1. The van der Waals surface area contributed by atoms with E-state index in [1.165, 1.54) is 0 Å². The topological polar surface area (TPSA) is 50.9 Å². The Morgan fingerprint density at radius 1 is 1.36 bits per heavy atom. The summed E-state index contributed by atoms with van der Waals surface area (Å²) in [6, 6.07) is 3.75. The summed E-state index contributed by atoms with van der Waals surface area (Å²) >= 11 is 0. The lowest BCUT2D eigenvalue weighted by atomic mass is 10.3. The van der Waals surface area contributed by atoms with Crippen molar-refractivity contribution in [3.8, 4) is 5.69 Å². The molecular weight excluding hydrogens is 178 g/mol. The van der Waals surface area contributed by atoms with E-state index in [-0.39, 0.29) is 6.61 Å². The molecule has 0 aliphatic carbocycles. The fraction of sp³-hybridized carbons (Fsp3) is 0.200.